The van der Waals surface area contributed by atoms with Gasteiger partial charge in [-0.3, -0.25) is 0 Å². The predicted octanol–water partition coefficient (Wildman–Crippen LogP) is 5.03. The first-order valence-corrected chi connectivity index (χ1v) is 12.3. The molecule has 1 atom stereocenters. The summed E-state index contributed by atoms with van der Waals surface area (Å²) in [6.45, 7) is 5.02. The van der Waals surface area contributed by atoms with E-state index in [-0.39, 0.29) is 5.15 Å². The summed E-state index contributed by atoms with van der Waals surface area (Å²) in [7, 11) is 0. The van der Waals surface area contributed by atoms with Crippen LogP contribution in [0, 0.1) is 5.41 Å². The first-order valence-electron chi connectivity index (χ1n) is 9.46. The average molecular weight is 472 g/mol. The maximum absolute atomic E-state index is 6.27. The molecule has 2 aliphatic heterocycles. The molecule has 10 heteroatoms. The van der Waals surface area contributed by atoms with Crippen molar-refractivity contribution < 1.29 is 4.74 Å². The Bertz CT molecular complexity index is 908. The van der Waals surface area contributed by atoms with Gasteiger partial charge in [0.15, 0.2) is 11.0 Å². The van der Waals surface area contributed by atoms with E-state index in [4.69, 9.17) is 43.6 Å². The molecule has 2 aromatic rings. The van der Waals surface area contributed by atoms with Crippen molar-refractivity contribution >= 4 is 58.4 Å². The molecule has 0 unspecified atom stereocenters. The highest BCUT2D eigenvalue weighted by molar-refractivity contribution is 7.99. The lowest BCUT2D eigenvalue weighted by atomic mass is 9.77. The Morgan fingerprint density at radius 2 is 2.03 bits per heavy atom. The number of rotatable bonds is 4. The van der Waals surface area contributed by atoms with Crippen molar-refractivity contribution in [1.29, 1.82) is 0 Å². The number of nitrogen functional groups attached to an aromatic ring is 1. The van der Waals surface area contributed by atoms with Gasteiger partial charge in [0.1, 0.15) is 15.9 Å². The number of anilines is 2. The van der Waals surface area contributed by atoms with E-state index in [2.05, 4.69) is 16.8 Å². The second-order valence-corrected chi connectivity index (χ2v) is 10.2. The van der Waals surface area contributed by atoms with Crippen LogP contribution in [0.25, 0.3) is 0 Å². The molecule has 2 N–H and O–H groups in total. The normalized spacial score (nSPS) is 21.1. The van der Waals surface area contributed by atoms with Crippen molar-refractivity contribution in [2.24, 2.45) is 5.41 Å². The maximum atomic E-state index is 6.27. The minimum absolute atomic E-state index is 0.191. The zero-order chi connectivity index (χ0) is 20.6. The first kappa shape index (κ1) is 21.3. The SMILES string of the molecule is CSc1nc(Sc2cc(N)nc(Cl)c2Cl)cnc1N1CCC2(CC1)CO[C@@H](C)C2. The van der Waals surface area contributed by atoms with Gasteiger partial charge in [-0.2, -0.15) is 0 Å². The molecular formula is C19H23Cl2N5OS2. The van der Waals surface area contributed by atoms with Crippen molar-refractivity contribution in [3.63, 3.8) is 0 Å². The molecule has 0 aliphatic carbocycles. The van der Waals surface area contributed by atoms with Crippen LogP contribution in [-0.4, -0.2) is 47.0 Å². The summed E-state index contributed by atoms with van der Waals surface area (Å²) in [4.78, 5) is 16.6. The van der Waals surface area contributed by atoms with Gasteiger partial charge in [-0.15, -0.1) is 11.8 Å². The molecule has 4 rings (SSSR count). The fourth-order valence-electron chi connectivity index (χ4n) is 4.02. The van der Waals surface area contributed by atoms with Gasteiger partial charge in [-0.05, 0) is 43.9 Å². The number of pyridine rings is 1. The van der Waals surface area contributed by atoms with Crippen LogP contribution in [0.5, 0.6) is 0 Å². The number of thioether (sulfide) groups is 1. The molecule has 29 heavy (non-hydrogen) atoms. The highest BCUT2D eigenvalue weighted by Gasteiger charge is 2.41. The summed E-state index contributed by atoms with van der Waals surface area (Å²) in [6.07, 6.45) is 7.61. The third kappa shape index (κ3) is 4.56. The Morgan fingerprint density at radius 3 is 2.69 bits per heavy atom. The minimum atomic E-state index is 0.191. The summed E-state index contributed by atoms with van der Waals surface area (Å²) in [5.41, 5.74) is 6.14. The van der Waals surface area contributed by atoms with Gasteiger partial charge >= 0.3 is 0 Å². The van der Waals surface area contributed by atoms with E-state index >= 15 is 0 Å². The first-order chi connectivity index (χ1) is 13.9. The number of aromatic nitrogens is 3. The number of halogens is 2. The molecule has 0 bridgehead atoms. The Labute approximate surface area is 189 Å². The molecule has 0 amide bonds. The molecular weight excluding hydrogens is 449 g/mol. The van der Waals surface area contributed by atoms with Crippen molar-refractivity contribution in [2.45, 2.75) is 47.2 Å². The topological polar surface area (TPSA) is 77.2 Å². The van der Waals surface area contributed by atoms with Crippen molar-refractivity contribution in [1.82, 2.24) is 15.0 Å². The van der Waals surface area contributed by atoms with E-state index in [1.165, 1.54) is 11.8 Å². The van der Waals surface area contributed by atoms with Crippen LogP contribution in [-0.2, 0) is 4.74 Å². The van der Waals surface area contributed by atoms with Crippen LogP contribution in [0.3, 0.4) is 0 Å². The molecule has 0 aromatic carbocycles. The van der Waals surface area contributed by atoms with Gasteiger partial charge in [0.2, 0.25) is 0 Å². The third-order valence-corrected chi connectivity index (χ3v) is 8.00. The molecule has 2 aliphatic rings. The number of hydrogen-bond donors (Lipinski definition) is 1. The van der Waals surface area contributed by atoms with Gasteiger partial charge in [0.25, 0.3) is 0 Å². The Hall–Kier alpha value is -0.930. The highest BCUT2D eigenvalue weighted by atomic mass is 35.5. The monoisotopic (exact) mass is 471 g/mol. The largest absolute Gasteiger partial charge is 0.384 e. The Balaban J connectivity index is 1.51. The quantitative estimate of drug-likeness (QED) is 0.491. The second kappa shape index (κ2) is 8.67. The van der Waals surface area contributed by atoms with Crippen molar-refractivity contribution in [2.75, 3.05) is 36.6 Å². The summed E-state index contributed by atoms with van der Waals surface area (Å²) in [5, 5.41) is 2.22. The van der Waals surface area contributed by atoms with Crippen LogP contribution in [0.1, 0.15) is 26.2 Å². The number of nitrogens with zero attached hydrogens (tertiary/aromatic N) is 4. The van der Waals surface area contributed by atoms with E-state index in [1.54, 1.807) is 24.0 Å². The van der Waals surface area contributed by atoms with Crippen molar-refractivity contribution in [3.05, 3.63) is 22.4 Å². The van der Waals surface area contributed by atoms with Gasteiger partial charge in [-0.25, -0.2) is 15.0 Å². The standard InChI is InChI=1S/C19H23Cl2N5OS2/c1-11-8-19(10-27-11)3-5-26(6-4-19)17-18(28-2)25-14(9-23-17)29-12-7-13(22)24-16(21)15(12)20/h7,9,11H,3-6,8,10H2,1-2H3,(H2,22,24)/t11-/m0/s1. The Morgan fingerprint density at radius 1 is 1.28 bits per heavy atom. The molecule has 2 aromatic heterocycles. The summed E-state index contributed by atoms with van der Waals surface area (Å²) in [6, 6.07) is 1.70. The molecule has 1 spiro atoms. The zero-order valence-electron chi connectivity index (χ0n) is 16.3. The van der Waals surface area contributed by atoms with E-state index < -0.39 is 0 Å². The van der Waals surface area contributed by atoms with E-state index in [9.17, 15) is 0 Å². The van der Waals surface area contributed by atoms with Gasteiger partial charge in [0, 0.05) is 18.0 Å². The molecule has 2 fully saturated rings. The zero-order valence-corrected chi connectivity index (χ0v) is 19.5. The van der Waals surface area contributed by atoms with Gasteiger partial charge in [-0.1, -0.05) is 35.0 Å². The Kier molecular flexibility index (Phi) is 6.37. The number of piperidine rings is 1. The maximum Gasteiger partial charge on any atom is 0.161 e. The average Bonchev–Trinajstić information content (AvgIpc) is 3.06. The van der Waals surface area contributed by atoms with E-state index in [1.807, 2.05) is 6.26 Å². The van der Waals surface area contributed by atoms with E-state index in [0.29, 0.717) is 27.3 Å². The lowest BCUT2D eigenvalue weighted by molar-refractivity contribution is 0.0975. The van der Waals surface area contributed by atoms with Gasteiger partial charge in [0.05, 0.1) is 23.9 Å². The number of hydrogen-bond acceptors (Lipinski definition) is 8. The molecule has 2 saturated heterocycles. The van der Waals surface area contributed by atoms with Crippen LogP contribution >= 0.6 is 46.7 Å². The molecule has 156 valence electrons. The van der Waals surface area contributed by atoms with Crippen LogP contribution in [0.4, 0.5) is 11.6 Å². The lowest BCUT2D eigenvalue weighted by Crippen LogP contribution is -2.41. The molecule has 4 heterocycles. The number of ether oxygens (including phenoxy) is 1. The second-order valence-electron chi connectivity index (χ2n) is 7.61. The summed E-state index contributed by atoms with van der Waals surface area (Å²) >= 11 is 15.3. The van der Waals surface area contributed by atoms with Crippen LogP contribution in [0.15, 0.2) is 27.2 Å². The van der Waals surface area contributed by atoms with Crippen LogP contribution in [0.2, 0.25) is 10.2 Å². The fraction of sp³-hybridized carbons (Fsp3) is 0.526. The molecule has 6 nitrogen and oxygen atoms in total. The molecule has 0 saturated carbocycles. The third-order valence-electron chi connectivity index (χ3n) is 5.53. The summed E-state index contributed by atoms with van der Waals surface area (Å²) in [5.74, 6) is 1.27. The van der Waals surface area contributed by atoms with Gasteiger partial charge < -0.3 is 15.4 Å². The van der Waals surface area contributed by atoms with Crippen molar-refractivity contribution in [3.8, 4) is 0 Å². The smallest absolute Gasteiger partial charge is 0.161 e. The lowest BCUT2D eigenvalue weighted by Gasteiger charge is -2.39. The summed E-state index contributed by atoms with van der Waals surface area (Å²) < 4.78 is 5.84. The number of nitrogens with two attached hydrogens (primary N) is 1. The predicted molar refractivity (Wildman–Crippen MR) is 121 cm³/mol. The molecule has 0 radical (unpaired) electrons. The minimum Gasteiger partial charge on any atom is -0.384 e. The fourth-order valence-corrected chi connectivity index (χ4v) is 5.94. The highest BCUT2D eigenvalue weighted by Crippen LogP contribution is 2.43. The van der Waals surface area contributed by atoms with E-state index in [0.717, 1.165) is 54.8 Å². The van der Waals surface area contributed by atoms with Crippen LogP contribution < -0.4 is 10.6 Å².